The van der Waals surface area contributed by atoms with Gasteiger partial charge in [-0.2, -0.15) is 0 Å². The molecular formula is C21H19BrO2. The second kappa shape index (κ2) is 7.18. The molecule has 2 aromatic rings. The molecule has 122 valence electrons. The molecule has 0 saturated carbocycles. The normalized spacial score (nSPS) is 14.4. The smallest absolute Gasteiger partial charge is 0.339 e. The molecule has 0 atom stereocenters. The van der Waals surface area contributed by atoms with Crippen LogP contribution in [-0.2, 0) is 4.79 Å². The number of aryl methyl sites for hydroxylation is 1. The van der Waals surface area contributed by atoms with Crippen molar-refractivity contribution in [2.75, 3.05) is 0 Å². The quantitative estimate of drug-likeness (QED) is 0.483. The van der Waals surface area contributed by atoms with Crippen LogP contribution in [0.4, 0.5) is 0 Å². The minimum Gasteiger partial charge on any atom is -0.423 e. The Morgan fingerprint density at radius 3 is 2.08 bits per heavy atom. The molecule has 0 heterocycles. The van der Waals surface area contributed by atoms with Gasteiger partial charge in [0.2, 0.25) is 0 Å². The predicted octanol–water partition coefficient (Wildman–Crippen LogP) is 5.96. The third-order valence-corrected chi connectivity index (χ3v) is 5.10. The van der Waals surface area contributed by atoms with Gasteiger partial charge in [0.25, 0.3) is 0 Å². The number of carbonyl (C=O) groups is 1. The summed E-state index contributed by atoms with van der Waals surface area (Å²) < 4.78 is 6.48. The Balaban J connectivity index is 1.71. The van der Waals surface area contributed by atoms with Gasteiger partial charge in [-0.05, 0) is 56.0 Å². The number of rotatable bonds is 3. The average molecular weight is 383 g/mol. The first kappa shape index (κ1) is 16.7. The van der Waals surface area contributed by atoms with Crippen LogP contribution >= 0.6 is 15.9 Å². The van der Waals surface area contributed by atoms with Gasteiger partial charge in [0.1, 0.15) is 5.75 Å². The highest BCUT2D eigenvalue weighted by Crippen LogP contribution is 2.29. The first-order chi connectivity index (χ1) is 11.5. The van der Waals surface area contributed by atoms with E-state index in [0.29, 0.717) is 11.3 Å². The number of ether oxygens (including phenoxy) is 1. The van der Waals surface area contributed by atoms with Gasteiger partial charge in [0, 0.05) is 10.1 Å². The zero-order chi connectivity index (χ0) is 17.1. The van der Waals surface area contributed by atoms with Crippen LogP contribution in [0.3, 0.4) is 0 Å². The van der Waals surface area contributed by atoms with E-state index in [1.54, 1.807) is 0 Å². The van der Waals surface area contributed by atoms with E-state index < -0.39 is 0 Å². The predicted molar refractivity (Wildman–Crippen MR) is 101 cm³/mol. The lowest BCUT2D eigenvalue weighted by molar-refractivity contribution is -0.130. The fourth-order valence-electron chi connectivity index (χ4n) is 2.58. The van der Waals surface area contributed by atoms with Crippen LogP contribution in [0.2, 0.25) is 0 Å². The molecule has 0 spiro atoms. The van der Waals surface area contributed by atoms with E-state index in [9.17, 15) is 4.79 Å². The summed E-state index contributed by atoms with van der Waals surface area (Å²) in [7, 11) is 0. The SMILES string of the molecule is CC1=C(Br)C=C(C(=O)Oc2ccc(-c3ccc(C)cc3)cc2)CC1. The highest BCUT2D eigenvalue weighted by atomic mass is 79.9. The van der Waals surface area contributed by atoms with Crippen molar-refractivity contribution in [3.8, 4) is 16.9 Å². The lowest BCUT2D eigenvalue weighted by Crippen LogP contribution is -2.13. The number of benzene rings is 2. The van der Waals surface area contributed by atoms with Gasteiger partial charge in [0.05, 0.1) is 0 Å². The summed E-state index contributed by atoms with van der Waals surface area (Å²) >= 11 is 3.48. The Hall–Kier alpha value is -2.13. The van der Waals surface area contributed by atoms with Crippen LogP contribution < -0.4 is 4.74 Å². The van der Waals surface area contributed by atoms with Crippen LogP contribution in [0.1, 0.15) is 25.3 Å². The molecule has 2 nitrogen and oxygen atoms in total. The summed E-state index contributed by atoms with van der Waals surface area (Å²) in [5.41, 5.74) is 5.45. The number of allylic oxidation sites excluding steroid dienone is 3. The molecule has 0 fully saturated rings. The molecule has 3 heteroatoms. The van der Waals surface area contributed by atoms with Crippen molar-refractivity contribution in [1.29, 1.82) is 0 Å². The maximum Gasteiger partial charge on any atom is 0.339 e. The molecule has 1 aliphatic rings. The van der Waals surface area contributed by atoms with Gasteiger partial charge in [-0.1, -0.05) is 63.5 Å². The molecule has 0 bridgehead atoms. The fraction of sp³-hybridized carbons (Fsp3) is 0.190. The summed E-state index contributed by atoms with van der Waals surface area (Å²) in [4.78, 5) is 12.3. The molecule has 3 rings (SSSR count). The Morgan fingerprint density at radius 1 is 0.917 bits per heavy atom. The zero-order valence-electron chi connectivity index (χ0n) is 13.8. The molecule has 0 aliphatic heterocycles. The third kappa shape index (κ3) is 3.85. The number of esters is 1. The summed E-state index contributed by atoms with van der Waals surface area (Å²) in [6.45, 7) is 4.13. The number of carbonyl (C=O) groups excluding carboxylic acids is 1. The second-order valence-electron chi connectivity index (χ2n) is 6.08. The first-order valence-corrected chi connectivity index (χ1v) is 8.77. The topological polar surface area (TPSA) is 26.3 Å². The molecule has 0 radical (unpaired) electrons. The van der Waals surface area contributed by atoms with Crippen LogP contribution in [0.15, 0.2) is 70.2 Å². The number of hydrogen-bond donors (Lipinski definition) is 0. The highest BCUT2D eigenvalue weighted by molar-refractivity contribution is 9.11. The third-order valence-electron chi connectivity index (χ3n) is 4.19. The van der Waals surface area contributed by atoms with Crippen molar-refractivity contribution < 1.29 is 9.53 Å². The lowest BCUT2D eigenvalue weighted by atomic mass is 10.00. The highest BCUT2D eigenvalue weighted by Gasteiger charge is 2.17. The maximum absolute atomic E-state index is 12.3. The van der Waals surface area contributed by atoms with Crippen molar-refractivity contribution in [2.24, 2.45) is 0 Å². The zero-order valence-corrected chi connectivity index (χ0v) is 15.4. The monoisotopic (exact) mass is 382 g/mol. The summed E-state index contributed by atoms with van der Waals surface area (Å²) in [6.07, 6.45) is 3.47. The molecule has 2 aromatic carbocycles. The Bertz CT molecular complexity index is 812. The van der Waals surface area contributed by atoms with E-state index in [4.69, 9.17) is 4.74 Å². The lowest BCUT2D eigenvalue weighted by Gasteiger charge is -2.14. The molecule has 1 aliphatic carbocycles. The van der Waals surface area contributed by atoms with Gasteiger partial charge in [0.15, 0.2) is 0 Å². The van der Waals surface area contributed by atoms with E-state index >= 15 is 0 Å². The van der Waals surface area contributed by atoms with Crippen LogP contribution in [0.5, 0.6) is 5.75 Å². The molecule has 0 saturated heterocycles. The summed E-state index contributed by atoms with van der Waals surface area (Å²) in [5.74, 6) is 0.293. The molecular weight excluding hydrogens is 364 g/mol. The van der Waals surface area contributed by atoms with Crippen molar-refractivity contribution in [3.63, 3.8) is 0 Å². The summed E-state index contributed by atoms with van der Waals surface area (Å²) in [5, 5.41) is 0. The maximum atomic E-state index is 12.3. The molecule has 0 aromatic heterocycles. The van der Waals surface area contributed by atoms with E-state index in [0.717, 1.165) is 28.5 Å². The van der Waals surface area contributed by atoms with Gasteiger partial charge in [-0.15, -0.1) is 0 Å². The van der Waals surface area contributed by atoms with Crippen LogP contribution in [-0.4, -0.2) is 5.97 Å². The van der Waals surface area contributed by atoms with E-state index in [-0.39, 0.29) is 5.97 Å². The molecule has 0 amide bonds. The molecule has 0 unspecified atom stereocenters. The van der Waals surface area contributed by atoms with E-state index in [2.05, 4.69) is 54.0 Å². The first-order valence-electron chi connectivity index (χ1n) is 7.98. The average Bonchev–Trinajstić information content (AvgIpc) is 2.59. The van der Waals surface area contributed by atoms with Crippen LogP contribution in [0.25, 0.3) is 11.1 Å². The van der Waals surface area contributed by atoms with Crippen LogP contribution in [0, 0.1) is 6.92 Å². The number of halogens is 1. The second-order valence-corrected chi connectivity index (χ2v) is 6.93. The fourth-order valence-corrected chi connectivity index (χ4v) is 3.06. The number of hydrogen-bond acceptors (Lipinski definition) is 2. The molecule has 24 heavy (non-hydrogen) atoms. The van der Waals surface area contributed by atoms with Crippen molar-refractivity contribution in [3.05, 3.63) is 75.8 Å². The van der Waals surface area contributed by atoms with Crippen molar-refractivity contribution in [1.82, 2.24) is 0 Å². The van der Waals surface area contributed by atoms with Gasteiger partial charge in [-0.3, -0.25) is 0 Å². The van der Waals surface area contributed by atoms with Gasteiger partial charge in [-0.25, -0.2) is 4.79 Å². The summed E-state index contributed by atoms with van der Waals surface area (Å²) in [6, 6.07) is 16.0. The van der Waals surface area contributed by atoms with Gasteiger partial charge >= 0.3 is 5.97 Å². The standard InChI is InChI=1S/C21H19BrO2/c1-14-3-6-16(7-4-14)17-9-11-19(12-10-17)24-21(23)18-8-5-15(2)20(22)13-18/h3-4,6-7,9-13H,5,8H2,1-2H3. The minimum absolute atomic E-state index is 0.275. The minimum atomic E-state index is -0.275. The Kier molecular flexibility index (Phi) is 5.00. The molecule has 0 N–H and O–H groups in total. The Labute approximate surface area is 151 Å². The van der Waals surface area contributed by atoms with Crippen molar-refractivity contribution >= 4 is 21.9 Å². The van der Waals surface area contributed by atoms with Crippen molar-refractivity contribution in [2.45, 2.75) is 26.7 Å². The van der Waals surface area contributed by atoms with Gasteiger partial charge < -0.3 is 4.74 Å². The largest absolute Gasteiger partial charge is 0.423 e. The van der Waals surface area contributed by atoms with E-state index in [1.807, 2.05) is 30.3 Å². The van der Waals surface area contributed by atoms with E-state index in [1.165, 1.54) is 11.1 Å². The Morgan fingerprint density at radius 2 is 1.50 bits per heavy atom.